The summed E-state index contributed by atoms with van der Waals surface area (Å²) in [7, 11) is 0. The van der Waals surface area contributed by atoms with Crippen molar-refractivity contribution in [3.8, 4) is 0 Å². The van der Waals surface area contributed by atoms with Gasteiger partial charge in [-0.1, -0.05) is 0 Å². The molecular formula is C11H19NO3. The van der Waals surface area contributed by atoms with Gasteiger partial charge in [0.15, 0.2) is 0 Å². The van der Waals surface area contributed by atoms with Crippen LogP contribution in [-0.2, 0) is 14.4 Å². The third-order valence-electron chi connectivity index (χ3n) is 2.33. The standard InChI is InChI=1S/C11H19NO3/c1-11(2,3)10(14)15-12-7-4-5-9(13)6-8-12/h4-8H2,1-3H3. The molecular weight excluding hydrogens is 194 g/mol. The van der Waals surface area contributed by atoms with Crippen LogP contribution < -0.4 is 0 Å². The number of carbonyl (C=O) groups excluding carboxylic acids is 2. The second-order valence-electron chi connectivity index (χ2n) is 4.95. The zero-order valence-corrected chi connectivity index (χ0v) is 9.71. The number of Topliss-reactive ketones (excluding diaryl/α,β-unsaturated/α-hetero) is 1. The van der Waals surface area contributed by atoms with E-state index >= 15 is 0 Å². The molecule has 0 amide bonds. The minimum Gasteiger partial charge on any atom is -0.367 e. The van der Waals surface area contributed by atoms with Gasteiger partial charge in [0.1, 0.15) is 5.78 Å². The van der Waals surface area contributed by atoms with Crippen molar-refractivity contribution in [2.75, 3.05) is 13.1 Å². The first kappa shape index (κ1) is 12.2. The van der Waals surface area contributed by atoms with Gasteiger partial charge in [-0.05, 0) is 27.2 Å². The third-order valence-corrected chi connectivity index (χ3v) is 2.33. The molecule has 1 fully saturated rings. The first-order valence-electron chi connectivity index (χ1n) is 5.38. The number of nitrogens with zero attached hydrogens (tertiary/aromatic N) is 1. The van der Waals surface area contributed by atoms with Crippen LogP contribution in [0.15, 0.2) is 0 Å². The lowest BCUT2D eigenvalue weighted by Gasteiger charge is -2.23. The summed E-state index contributed by atoms with van der Waals surface area (Å²) < 4.78 is 0. The summed E-state index contributed by atoms with van der Waals surface area (Å²) >= 11 is 0. The summed E-state index contributed by atoms with van der Waals surface area (Å²) in [5, 5.41) is 1.61. The lowest BCUT2D eigenvalue weighted by Crippen LogP contribution is -2.34. The van der Waals surface area contributed by atoms with Gasteiger partial charge in [0.05, 0.1) is 5.41 Å². The van der Waals surface area contributed by atoms with Gasteiger partial charge in [-0.2, -0.15) is 0 Å². The Morgan fingerprint density at radius 1 is 1.27 bits per heavy atom. The number of ketones is 1. The van der Waals surface area contributed by atoms with Crippen LogP contribution in [-0.4, -0.2) is 29.9 Å². The lowest BCUT2D eigenvalue weighted by atomic mass is 9.98. The Kier molecular flexibility index (Phi) is 3.85. The molecule has 0 aliphatic carbocycles. The zero-order valence-electron chi connectivity index (χ0n) is 9.71. The molecule has 86 valence electrons. The maximum atomic E-state index is 11.6. The van der Waals surface area contributed by atoms with Crippen molar-refractivity contribution in [3.63, 3.8) is 0 Å². The van der Waals surface area contributed by atoms with Gasteiger partial charge < -0.3 is 4.84 Å². The molecule has 1 aliphatic heterocycles. The molecule has 1 aliphatic rings. The Morgan fingerprint density at radius 3 is 2.53 bits per heavy atom. The van der Waals surface area contributed by atoms with Gasteiger partial charge in [-0.15, -0.1) is 5.06 Å². The highest BCUT2D eigenvalue weighted by molar-refractivity contribution is 5.79. The average Bonchev–Trinajstić information content (AvgIpc) is 2.29. The molecule has 0 N–H and O–H groups in total. The molecule has 1 heterocycles. The van der Waals surface area contributed by atoms with Crippen molar-refractivity contribution in [2.24, 2.45) is 5.41 Å². The van der Waals surface area contributed by atoms with E-state index in [0.717, 1.165) is 6.42 Å². The molecule has 1 rings (SSSR count). The van der Waals surface area contributed by atoms with Crippen LogP contribution in [0.25, 0.3) is 0 Å². The quantitative estimate of drug-likeness (QED) is 0.663. The summed E-state index contributed by atoms with van der Waals surface area (Å²) in [5.74, 6) is 0.0150. The van der Waals surface area contributed by atoms with Crippen LogP contribution in [0, 0.1) is 5.41 Å². The van der Waals surface area contributed by atoms with Crippen molar-refractivity contribution in [3.05, 3.63) is 0 Å². The Labute approximate surface area is 90.5 Å². The van der Waals surface area contributed by atoms with Crippen LogP contribution in [0.5, 0.6) is 0 Å². The Balaban J connectivity index is 2.45. The molecule has 0 aromatic carbocycles. The van der Waals surface area contributed by atoms with Gasteiger partial charge in [0, 0.05) is 25.9 Å². The first-order valence-corrected chi connectivity index (χ1v) is 5.38. The summed E-state index contributed by atoms with van der Waals surface area (Å²) in [6, 6.07) is 0. The van der Waals surface area contributed by atoms with Gasteiger partial charge in [-0.3, -0.25) is 4.79 Å². The molecule has 0 unspecified atom stereocenters. The fraction of sp³-hybridized carbons (Fsp3) is 0.818. The highest BCUT2D eigenvalue weighted by Gasteiger charge is 2.26. The Hall–Kier alpha value is -0.900. The lowest BCUT2D eigenvalue weighted by molar-refractivity contribution is -0.200. The van der Waals surface area contributed by atoms with Gasteiger partial charge in [0.25, 0.3) is 0 Å². The van der Waals surface area contributed by atoms with Crippen LogP contribution in [0.3, 0.4) is 0 Å². The SMILES string of the molecule is CC(C)(C)C(=O)ON1CCCC(=O)CC1. The number of hydrogen-bond acceptors (Lipinski definition) is 4. The third kappa shape index (κ3) is 4.00. The highest BCUT2D eigenvalue weighted by Crippen LogP contribution is 2.17. The van der Waals surface area contributed by atoms with Crippen molar-refractivity contribution in [2.45, 2.75) is 40.0 Å². The highest BCUT2D eigenvalue weighted by atomic mass is 16.7. The summed E-state index contributed by atoms with van der Waals surface area (Å²) in [5.41, 5.74) is -0.490. The van der Waals surface area contributed by atoms with Crippen LogP contribution in [0.1, 0.15) is 40.0 Å². The normalized spacial score (nSPS) is 19.8. The van der Waals surface area contributed by atoms with E-state index in [1.54, 1.807) is 5.06 Å². The topological polar surface area (TPSA) is 46.6 Å². The fourth-order valence-corrected chi connectivity index (χ4v) is 1.28. The molecule has 15 heavy (non-hydrogen) atoms. The van der Waals surface area contributed by atoms with E-state index in [2.05, 4.69) is 0 Å². The van der Waals surface area contributed by atoms with E-state index in [-0.39, 0.29) is 11.8 Å². The predicted octanol–water partition coefficient (Wildman–Crippen LogP) is 1.55. The van der Waals surface area contributed by atoms with E-state index in [1.165, 1.54) is 0 Å². The number of hydroxylamine groups is 2. The minimum atomic E-state index is -0.490. The molecule has 0 spiro atoms. The van der Waals surface area contributed by atoms with Gasteiger partial charge in [0.2, 0.25) is 0 Å². The van der Waals surface area contributed by atoms with Crippen LogP contribution >= 0.6 is 0 Å². The summed E-state index contributed by atoms with van der Waals surface area (Å²) in [6.45, 7) is 6.64. The Bertz CT molecular complexity index is 255. The van der Waals surface area contributed by atoms with Crippen molar-refractivity contribution in [1.82, 2.24) is 5.06 Å². The largest absolute Gasteiger partial charge is 0.367 e. The fourth-order valence-electron chi connectivity index (χ4n) is 1.28. The summed E-state index contributed by atoms with van der Waals surface area (Å²) in [6.07, 6.45) is 1.86. The molecule has 0 atom stereocenters. The number of carbonyl (C=O) groups is 2. The Morgan fingerprint density at radius 2 is 1.93 bits per heavy atom. The van der Waals surface area contributed by atoms with Gasteiger partial charge in [-0.25, -0.2) is 4.79 Å². The van der Waals surface area contributed by atoms with E-state index in [0.29, 0.717) is 25.9 Å². The number of rotatable bonds is 1. The molecule has 4 heteroatoms. The van der Waals surface area contributed by atoms with E-state index in [4.69, 9.17) is 4.84 Å². The second-order valence-corrected chi connectivity index (χ2v) is 4.95. The van der Waals surface area contributed by atoms with Crippen molar-refractivity contribution in [1.29, 1.82) is 0 Å². The van der Waals surface area contributed by atoms with Crippen LogP contribution in [0.4, 0.5) is 0 Å². The molecule has 0 saturated carbocycles. The van der Waals surface area contributed by atoms with Crippen molar-refractivity contribution < 1.29 is 14.4 Å². The average molecular weight is 213 g/mol. The summed E-state index contributed by atoms with van der Waals surface area (Å²) in [4.78, 5) is 27.9. The maximum Gasteiger partial charge on any atom is 0.330 e. The molecule has 1 saturated heterocycles. The first-order chi connectivity index (χ1) is 6.89. The molecule has 0 bridgehead atoms. The monoisotopic (exact) mass is 213 g/mol. The zero-order chi connectivity index (χ0) is 11.5. The maximum absolute atomic E-state index is 11.6. The molecule has 0 radical (unpaired) electrons. The van der Waals surface area contributed by atoms with E-state index < -0.39 is 5.41 Å². The minimum absolute atomic E-state index is 0.239. The number of hydrogen-bond donors (Lipinski definition) is 0. The van der Waals surface area contributed by atoms with Crippen LogP contribution in [0.2, 0.25) is 0 Å². The predicted molar refractivity (Wildman–Crippen MR) is 56.0 cm³/mol. The second kappa shape index (κ2) is 4.75. The van der Waals surface area contributed by atoms with E-state index in [9.17, 15) is 9.59 Å². The molecule has 0 aromatic rings. The molecule has 4 nitrogen and oxygen atoms in total. The smallest absolute Gasteiger partial charge is 0.330 e. The van der Waals surface area contributed by atoms with E-state index in [1.807, 2.05) is 20.8 Å². The van der Waals surface area contributed by atoms with Gasteiger partial charge >= 0.3 is 5.97 Å². The van der Waals surface area contributed by atoms with Crippen molar-refractivity contribution >= 4 is 11.8 Å². The molecule has 0 aromatic heterocycles.